The average Bonchev–Trinajstić information content (AvgIpc) is 3.30. The van der Waals surface area contributed by atoms with Gasteiger partial charge in [-0.25, -0.2) is 4.79 Å². The minimum absolute atomic E-state index is 0.417. The van der Waals surface area contributed by atoms with E-state index in [1.165, 1.54) is 13.5 Å². The number of ether oxygens (including phenoxy) is 2. The van der Waals surface area contributed by atoms with Crippen molar-refractivity contribution in [2.75, 3.05) is 19.5 Å². The first-order valence-electron chi connectivity index (χ1n) is 10.1. The summed E-state index contributed by atoms with van der Waals surface area (Å²) in [6.07, 6.45) is 5.04. The van der Waals surface area contributed by atoms with Crippen LogP contribution in [0.5, 0.6) is 5.75 Å². The summed E-state index contributed by atoms with van der Waals surface area (Å²) in [4.78, 5) is 12.3. The van der Waals surface area contributed by atoms with Crippen molar-refractivity contribution in [3.63, 3.8) is 0 Å². The number of aromatic nitrogens is 4. The quantitative estimate of drug-likeness (QED) is 0.623. The van der Waals surface area contributed by atoms with Crippen LogP contribution in [-0.4, -0.2) is 40.4 Å². The zero-order chi connectivity index (χ0) is 21.0. The van der Waals surface area contributed by atoms with Gasteiger partial charge in [-0.05, 0) is 47.5 Å². The molecule has 1 N–H and O–H groups in total. The van der Waals surface area contributed by atoms with Crippen molar-refractivity contribution in [3.8, 4) is 11.4 Å². The molecule has 0 spiro atoms. The topological polar surface area (TPSA) is 91.2 Å². The van der Waals surface area contributed by atoms with Crippen LogP contribution in [0.2, 0.25) is 0 Å². The number of anilines is 1. The van der Waals surface area contributed by atoms with Gasteiger partial charge in [-0.15, -0.1) is 5.10 Å². The smallest absolute Gasteiger partial charge is 0.340 e. The summed E-state index contributed by atoms with van der Waals surface area (Å²) in [6, 6.07) is 15.0. The van der Waals surface area contributed by atoms with Crippen LogP contribution in [0.15, 0.2) is 48.5 Å². The Kier molecular flexibility index (Phi) is 5.65. The highest BCUT2D eigenvalue weighted by molar-refractivity contribution is 5.93. The first kappa shape index (κ1) is 19.9. The molecular weight excluding hydrogens is 382 g/mol. The molecular formula is C22H25N5O3. The average molecular weight is 407 g/mol. The number of benzene rings is 2. The minimum atomic E-state index is -0.461. The maximum Gasteiger partial charge on any atom is 0.340 e. The van der Waals surface area contributed by atoms with E-state index in [0.29, 0.717) is 17.1 Å². The van der Waals surface area contributed by atoms with Crippen molar-refractivity contribution in [1.82, 2.24) is 20.2 Å². The second-order valence-corrected chi connectivity index (χ2v) is 7.42. The third-order valence-electron chi connectivity index (χ3n) is 5.60. The monoisotopic (exact) mass is 407 g/mol. The number of nitrogens with zero attached hydrogens (tertiary/aromatic N) is 4. The molecule has 0 atom stereocenters. The van der Waals surface area contributed by atoms with Crippen molar-refractivity contribution in [3.05, 3.63) is 59.9 Å². The second kappa shape index (κ2) is 8.52. The van der Waals surface area contributed by atoms with Crippen molar-refractivity contribution in [2.45, 2.75) is 37.6 Å². The second-order valence-electron chi connectivity index (χ2n) is 7.42. The van der Waals surface area contributed by atoms with Gasteiger partial charge in [0.25, 0.3) is 0 Å². The Morgan fingerprint density at radius 2 is 1.87 bits per heavy atom. The van der Waals surface area contributed by atoms with E-state index in [-0.39, 0.29) is 0 Å². The fourth-order valence-electron chi connectivity index (χ4n) is 4.13. The molecule has 1 heterocycles. The van der Waals surface area contributed by atoms with Gasteiger partial charge in [-0.3, -0.25) is 0 Å². The third kappa shape index (κ3) is 3.72. The molecule has 1 fully saturated rings. The standard InChI is InChI=1S/C22H25N5O3/c1-29-17-10-8-9-16(15-17)23-22(13-6-3-7-14-22)21-24-25-26-27(21)19-12-5-4-11-18(19)20(28)30-2/h4-5,8-12,15,23H,3,6-7,13-14H2,1-2H3. The molecule has 0 unspecified atom stereocenters. The molecule has 8 nitrogen and oxygen atoms in total. The zero-order valence-corrected chi connectivity index (χ0v) is 17.2. The van der Waals surface area contributed by atoms with E-state index in [4.69, 9.17) is 9.47 Å². The normalized spacial score (nSPS) is 15.4. The lowest BCUT2D eigenvalue weighted by Crippen LogP contribution is -2.40. The number of carbonyl (C=O) groups is 1. The summed E-state index contributed by atoms with van der Waals surface area (Å²) in [7, 11) is 3.02. The first-order chi connectivity index (χ1) is 14.7. The number of esters is 1. The molecule has 2 aromatic carbocycles. The maximum atomic E-state index is 12.3. The van der Waals surface area contributed by atoms with E-state index in [2.05, 4.69) is 20.8 Å². The Morgan fingerprint density at radius 1 is 1.07 bits per heavy atom. The molecule has 1 aliphatic carbocycles. The van der Waals surface area contributed by atoms with Crippen LogP contribution in [-0.2, 0) is 10.3 Å². The van der Waals surface area contributed by atoms with Crippen molar-refractivity contribution in [2.24, 2.45) is 0 Å². The van der Waals surface area contributed by atoms with E-state index in [0.717, 1.165) is 37.1 Å². The Morgan fingerprint density at radius 3 is 2.63 bits per heavy atom. The highest BCUT2D eigenvalue weighted by atomic mass is 16.5. The first-order valence-corrected chi connectivity index (χ1v) is 10.1. The van der Waals surface area contributed by atoms with Gasteiger partial charge in [0.15, 0.2) is 5.82 Å². The number of carbonyl (C=O) groups excluding carboxylic acids is 1. The Hall–Kier alpha value is -3.42. The van der Waals surface area contributed by atoms with Crippen LogP contribution >= 0.6 is 0 Å². The molecule has 30 heavy (non-hydrogen) atoms. The summed E-state index contributed by atoms with van der Waals surface area (Å²) in [5.41, 5.74) is 1.49. The molecule has 0 amide bonds. The van der Waals surface area contributed by atoms with Crippen LogP contribution in [0, 0.1) is 0 Å². The van der Waals surface area contributed by atoms with E-state index in [9.17, 15) is 4.79 Å². The fraction of sp³-hybridized carbons (Fsp3) is 0.364. The predicted molar refractivity (Wildman–Crippen MR) is 112 cm³/mol. The minimum Gasteiger partial charge on any atom is -0.497 e. The lowest BCUT2D eigenvalue weighted by atomic mass is 9.80. The van der Waals surface area contributed by atoms with Gasteiger partial charge in [0, 0.05) is 11.8 Å². The molecule has 1 saturated carbocycles. The lowest BCUT2D eigenvalue weighted by molar-refractivity contribution is 0.0600. The van der Waals surface area contributed by atoms with Gasteiger partial charge in [0.2, 0.25) is 0 Å². The SMILES string of the molecule is COC(=O)c1ccccc1-n1nnnc1C1(Nc2cccc(OC)c2)CCCCC1. The van der Waals surface area contributed by atoms with E-state index in [1.807, 2.05) is 36.4 Å². The van der Waals surface area contributed by atoms with Gasteiger partial charge in [0.05, 0.1) is 31.0 Å². The summed E-state index contributed by atoms with van der Waals surface area (Å²) in [5.74, 6) is 1.04. The van der Waals surface area contributed by atoms with Gasteiger partial charge in [0.1, 0.15) is 5.75 Å². The summed E-state index contributed by atoms with van der Waals surface area (Å²) in [6.45, 7) is 0. The molecule has 1 aromatic heterocycles. The van der Waals surface area contributed by atoms with E-state index < -0.39 is 11.5 Å². The Labute approximate surface area is 175 Å². The third-order valence-corrected chi connectivity index (χ3v) is 5.60. The lowest BCUT2D eigenvalue weighted by Gasteiger charge is -2.37. The molecule has 8 heteroatoms. The highest BCUT2D eigenvalue weighted by Crippen LogP contribution is 2.40. The number of tetrazole rings is 1. The number of rotatable bonds is 6. The van der Waals surface area contributed by atoms with Crippen LogP contribution < -0.4 is 10.1 Å². The number of para-hydroxylation sites is 1. The van der Waals surface area contributed by atoms with E-state index in [1.54, 1.807) is 23.9 Å². The van der Waals surface area contributed by atoms with Gasteiger partial charge < -0.3 is 14.8 Å². The molecule has 4 rings (SSSR count). The van der Waals surface area contributed by atoms with Crippen LogP contribution in [0.4, 0.5) is 5.69 Å². The largest absolute Gasteiger partial charge is 0.497 e. The Bertz CT molecular complexity index is 1030. The zero-order valence-electron chi connectivity index (χ0n) is 17.2. The van der Waals surface area contributed by atoms with Crippen LogP contribution in [0.3, 0.4) is 0 Å². The van der Waals surface area contributed by atoms with E-state index >= 15 is 0 Å². The van der Waals surface area contributed by atoms with Crippen molar-refractivity contribution >= 4 is 11.7 Å². The molecule has 0 radical (unpaired) electrons. The molecule has 0 aliphatic heterocycles. The predicted octanol–water partition coefficient (Wildman–Crippen LogP) is 3.73. The molecule has 0 saturated heterocycles. The highest BCUT2D eigenvalue weighted by Gasteiger charge is 2.39. The van der Waals surface area contributed by atoms with Gasteiger partial charge in [-0.2, -0.15) is 4.68 Å². The van der Waals surface area contributed by atoms with Crippen LogP contribution in [0.1, 0.15) is 48.3 Å². The number of nitrogens with one attached hydrogen (secondary N) is 1. The number of methoxy groups -OCH3 is 2. The van der Waals surface area contributed by atoms with Gasteiger partial charge >= 0.3 is 5.97 Å². The maximum absolute atomic E-state index is 12.3. The Balaban J connectivity index is 1.80. The van der Waals surface area contributed by atoms with Crippen LogP contribution in [0.25, 0.3) is 5.69 Å². The van der Waals surface area contributed by atoms with Crippen molar-refractivity contribution < 1.29 is 14.3 Å². The van der Waals surface area contributed by atoms with Crippen molar-refractivity contribution in [1.29, 1.82) is 0 Å². The summed E-state index contributed by atoms with van der Waals surface area (Å²) in [5, 5.41) is 16.3. The summed E-state index contributed by atoms with van der Waals surface area (Å²) >= 11 is 0. The number of hydrogen-bond donors (Lipinski definition) is 1. The van der Waals surface area contributed by atoms with Gasteiger partial charge in [-0.1, -0.05) is 37.5 Å². The summed E-state index contributed by atoms with van der Waals surface area (Å²) < 4.78 is 12.0. The molecule has 3 aromatic rings. The fourth-order valence-corrected chi connectivity index (χ4v) is 4.13. The molecule has 0 bridgehead atoms. The molecule has 156 valence electrons. The molecule has 1 aliphatic rings. The number of hydrogen-bond acceptors (Lipinski definition) is 7.